The first-order valence-electron chi connectivity index (χ1n) is 8.68. The Morgan fingerprint density at radius 1 is 1.20 bits per heavy atom. The van der Waals surface area contributed by atoms with E-state index in [2.05, 4.69) is 22.5 Å². The third kappa shape index (κ3) is 11.6. The number of primary amides is 1. The topological polar surface area (TPSA) is 88.7 Å². The van der Waals surface area contributed by atoms with Crippen LogP contribution < -0.4 is 21.1 Å². The molecular formula is C18H31IN4O2. The van der Waals surface area contributed by atoms with Gasteiger partial charge in [0.1, 0.15) is 5.75 Å². The van der Waals surface area contributed by atoms with Crippen molar-refractivity contribution in [3.05, 3.63) is 29.8 Å². The van der Waals surface area contributed by atoms with Gasteiger partial charge in [-0.2, -0.15) is 0 Å². The molecule has 1 aromatic rings. The average molecular weight is 462 g/mol. The number of rotatable bonds is 11. The molecule has 0 atom stereocenters. The molecule has 0 aliphatic heterocycles. The summed E-state index contributed by atoms with van der Waals surface area (Å²) in [5, 5.41) is 6.60. The number of ether oxygens (including phenoxy) is 1. The highest BCUT2D eigenvalue weighted by Gasteiger charge is 2.01. The van der Waals surface area contributed by atoms with Crippen LogP contribution in [0.5, 0.6) is 5.75 Å². The number of hydrogen-bond donors (Lipinski definition) is 3. The van der Waals surface area contributed by atoms with Crippen molar-refractivity contribution >= 4 is 35.8 Å². The fourth-order valence-corrected chi connectivity index (χ4v) is 2.16. The molecule has 142 valence electrons. The summed E-state index contributed by atoms with van der Waals surface area (Å²) in [7, 11) is 0. The second-order valence-corrected chi connectivity index (χ2v) is 5.58. The predicted molar refractivity (Wildman–Crippen MR) is 114 cm³/mol. The first-order chi connectivity index (χ1) is 11.7. The van der Waals surface area contributed by atoms with E-state index in [4.69, 9.17) is 10.5 Å². The molecule has 0 fully saturated rings. The summed E-state index contributed by atoms with van der Waals surface area (Å²) in [4.78, 5) is 15.4. The molecule has 0 saturated heterocycles. The summed E-state index contributed by atoms with van der Waals surface area (Å²) in [6.07, 6.45) is 4.90. The molecule has 0 spiro atoms. The summed E-state index contributed by atoms with van der Waals surface area (Å²) in [6, 6.07) is 7.53. The van der Waals surface area contributed by atoms with E-state index in [1.54, 1.807) is 6.07 Å². The fourth-order valence-electron chi connectivity index (χ4n) is 2.16. The van der Waals surface area contributed by atoms with Gasteiger partial charge in [0.2, 0.25) is 0 Å². The molecule has 0 bridgehead atoms. The number of aliphatic imine (C=N–C) groups is 1. The van der Waals surface area contributed by atoms with Crippen LogP contribution in [0.25, 0.3) is 0 Å². The maximum Gasteiger partial charge on any atom is 0.255 e. The molecule has 0 aliphatic carbocycles. The van der Waals surface area contributed by atoms with Crippen molar-refractivity contribution in [2.75, 3.05) is 19.7 Å². The number of nitrogens with zero attached hydrogens (tertiary/aromatic N) is 1. The van der Waals surface area contributed by atoms with Crippen molar-refractivity contribution in [1.82, 2.24) is 10.6 Å². The molecule has 1 aromatic carbocycles. The second kappa shape index (κ2) is 14.8. The van der Waals surface area contributed by atoms with Crippen LogP contribution in [0.3, 0.4) is 0 Å². The van der Waals surface area contributed by atoms with E-state index in [0.717, 1.165) is 31.0 Å². The Morgan fingerprint density at radius 3 is 2.68 bits per heavy atom. The van der Waals surface area contributed by atoms with Crippen molar-refractivity contribution in [1.29, 1.82) is 0 Å². The molecule has 0 saturated carbocycles. The minimum atomic E-state index is -0.486. The summed E-state index contributed by atoms with van der Waals surface area (Å²) < 4.78 is 5.31. The van der Waals surface area contributed by atoms with Crippen LogP contribution in [0.2, 0.25) is 0 Å². The largest absolute Gasteiger partial charge is 0.484 e. The van der Waals surface area contributed by atoms with E-state index < -0.39 is 5.91 Å². The summed E-state index contributed by atoms with van der Waals surface area (Å²) in [6.45, 7) is 6.43. The maximum absolute atomic E-state index is 10.8. The number of nitrogens with two attached hydrogens (primary N) is 1. The zero-order valence-electron chi connectivity index (χ0n) is 15.2. The van der Waals surface area contributed by atoms with Crippen LogP contribution in [-0.2, 0) is 11.3 Å². The highest BCUT2D eigenvalue weighted by molar-refractivity contribution is 14.0. The lowest BCUT2D eigenvalue weighted by atomic mass is 10.2. The molecule has 0 heterocycles. The summed E-state index contributed by atoms with van der Waals surface area (Å²) >= 11 is 0. The van der Waals surface area contributed by atoms with Crippen molar-refractivity contribution in [2.24, 2.45) is 10.7 Å². The number of guanidine groups is 1. The van der Waals surface area contributed by atoms with Crippen molar-refractivity contribution in [3.63, 3.8) is 0 Å². The monoisotopic (exact) mass is 462 g/mol. The van der Waals surface area contributed by atoms with E-state index in [1.807, 2.05) is 25.1 Å². The number of hydrogen-bond acceptors (Lipinski definition) is 3. The maximum atomic E-state index is 10.8. The Balaban J connectivity index is 0.00000576. The quantitative estimate of drug-likeness (QED) is 0.204. The summed E-state index contributed by atoms with van der Waals surface area (Å²) in [5.74, 6) is 0.955. The molecule has 0 radical (unpaired) electrons. The Hall–Kier alpha value is -1.51. The molecular weight excluding hydrogens is 431 g/mol. The van der Waals surface area contributed by atoms with Crippen LogP contribution in [0, 0.1) is 0 Å². The number of amides is 1. The Kier molecular flexibility index (Phi) is 13.9. The third-order valence-corrected chi connectivity index (χ3v) is 3.37. The predicted octanol–water partition coefficient (Wildman–Crippen LogP) is 2.80. The number of benzene rings is 1. The molecule has 0 aliphatic rings. The van der Waals surface area contributed by atoms with Crippen LogP contribution in [0.4, 0.5) is 0 Å². The van der Waals surface area contributed by atoms with Gasteiger partial charge < -0.3 is 21.1 Å². The standard InChI is InChI=1S/C18H30N4O2.HI/c1-3-5-6-7-11-21-18(20-4-2)22-13-15-9-8-10-16(12-15)24-14-17(19)23;/h8-10,12H,3-7,11,13-14H2,1-2H3,(H2,19,23)(H2,20,21,22);1H. The lowest BCUT2D eigenvalue weighted by Gasteiger charge is -2.11. The highest BCUT2D eigenvalue weighted by atomic mass is 127. The Labute approximate surface area is 168 Å². The zero-order valence-corrected chi connectivity index (χ0v) is 17.5. The van der Waals surface area contributed by atoms with Crippen LogP contribution in [0.15, 0.2) is 29.3 Å². The zero-order chi connectivity index (χ0) is 17.6. The molecule has 4 N–H and O–H groups in total. The normalized spacial score (nSPS) is 10.7. The van der Waals surface area contributed by atoms with Crippen molar-refractivity contribution in [3.8, 4) is 5.75 Å². The van der Waals surface area contributed by atoms with Gasteiger partial charge in [-0.3, -0.25) is 4.79 Å². The van der Waals surface area contributed by atoms with Crippen molar-refractivity contribution in [2.45, 2.75) is 46.1 Å². The average Bonchev–Trinajstić information content (AvgIpc) is 2.58. The van der Waals surface area contributed by atoms with E-state index in [1.165, 1.54) is 19.3 Å². The second-order valence-electron chi connectivity index (χ2n) is 5.58. The number of unbranched alkanes of at least 4 members (excludes halogenated alkanes) is 3. The van der Waals surface area contributed by atoms with Crippen molar-refractivity contribution < 1.29 is 9.53 Å². The lowest BCUT2D eigenvalue weighted by molar-refractivity contribution is -0.119. The third-order valence-electron chi connectivity index (χ3n) is 3.37. The molecule has 1 amide bonds. The van der Waals surface area contributed by atoms with Crippen LogP contribution in [-0.4, -0.2) is 31.6 Å². The Morgan fingerprint density at radius 2 is 2.00 bits per heavy atom. The first-order valence-corrected chi connectivity index (χ1v) is 8.68. The minimum absolute atomic E-state index is 0. The molecule has 0 aromatic heterocycles. The van der Waals surface area contributed by atoms with E-state index >= 15 is 0 Å². The number of halogens is 1. The summed E-state index contributed by atoms with van der Waals surface area (Å²) in [5.41, 5.74) is 6.10. The van der Waals surface area contributed by atoms with Gasteiger partial charge >= 0.3 is 0 Å². The van der Waals surface area contributed by atoms with E-state index in [9.17, 15) is 4.79 Å². The van der Waals surface area contributed by atoms with Gasteiger partial charge in [-0.15, -0.1) is 24.0 Å². The highest BCUT2D eigenvalue weighted by Crippen LogP contribution is 2.13. The molecule has 1 rings (SSSR count). The van der Waals surface area contributed by atoms with Gasteiger partial charge in [-0.05, 0) is 31.0 Å². The number of nitrogens with one attached hydrogen (secondary N) is 2. The van der Waals surface area contributed by atoms with Gasteiger partial charge in [0, 0.05) is 13.1 Å². The van der Waals surface area contributed by atoms with Gasteiger partial charge in [0.15, 0.2) is 12.6 Å². The van der Waals surface area contributed by atoms with E-state index in [-0.39, 0.29) is 30.6 Å². The number of carbonyl (C=O) groups excluding carboxylic acids is 1. The SMILES string of the molecule is CCCCCCNC(=NCc1cccc(OCC(N)=O)c1)NCC.I. The van der Waals surface area contributed by atoms with E-state index in [0.29, 0.717) is 12.3 Å². The van der Waals surface area contributed by atoms with Gasteiger partial charge in [0.05, 0.1) is 6.54 Å². The van der Waals surface area contributed by atoms with Crippen LogP contribution in [0.1, 0.15) is 45.1 Å². The fraction of sp³-hybridized carbons (Fsp3) is 0.556. The number of carbonyl (C=O) groups is 1. The van der Waals surface area contributed by atoms with Gasteiger partial charge in [-0.1, -0.05) is 38.3 Å². The van der Waals surface area contributed by atoms with Crippen LogP contribution >= 0.6 is 24.0 Å². The van der Waals surface area contributed by atoms with Gasteiger partial charge in [-0.25, -0.2) is 4.99 Å². The smallest absolute Gasteiger partial charge is 0.255 e. The first kappa shape index (κ1) is 23.5. The molecule has 7 heteroatoms. The molecule has 6 nitrogen and oxygen atoms in total. The lowest BCUT2D eigenvalue weighted by Crippen LogP contribution is -2.37. The molecule has 25 heavy (non-hydrogen) atoms. The molecule has 0 unspecified atom stereocenters. The Bertz CT molecular complexity index is 524. The minimum Gasteiger partial charge on any atom is -0.484 e. The van der Waals surface area contributed by atoms with Gasteiger partial charge in [0.25, 0.3) is 5.91 Å².